The maximum absolute atomic E-state index is 12.7. The summed E-state index contributed by atoms with van der Waals surface area (Å²) >= 11 is 7.48. The van der Waals surface area contributed by atoms with Gasteiger partial charge in [-0.25, -0.2) is 4.98 Å². The minimum absolute atomic E-state index is 0.0190. The van der Waals surface area contributed by atoms with Crippen molar-refractivity contribution >= 4 is 28.8 Å². The van der Waals surface area contributed by atoms with Crippen LogP contribution in [0, 0.1) is 5.41 Å². The monoisotopic (exact) mass is 349 g/mol. The van der Waals surface area contributed by atoms with Crippen molar-refractivity contribution in [3.05, 3.63) is 40.4 Å². The first-order chi connectivity index (χ1) is 10.9. The Kier molecular flexibility index (Phi) is 4.45. The van der Waals surface area contributed by atoms with Crippen LogP contribution in [0.4, 0.5) is 0 Å². The van der Waals surface area contributed by atoms with Crippen molar-refractivity contribution in [2.45, 2.75) is 26.3 Å². The molecule has 1 fully saturated rings. The molecule has 23 heavy (non-hydrogen) atoms. The van der Waals surface area contributed by atoms with Gasteiger partial charge in [0.1, 0.15) is 10.7 Å². The number of amides is 1. The molecule has 0 saturated carbocycles. The van der Waals surface area contributed by atoms with Gasteiger partial charge in [-0.2, -0.15) is 0 Å². The van der Waals surface area contributed by atoms with Crippen LogP contribution < -0.4 is 5.73 Å². The molecule has 2 heterocycles. The molecule has 1 aromatic heterocycles. The van der Waals surface area contributed by atoms with Gasteiger partial charge in [-0.1, -0.05) is 37.6 Å². The fraction of sp³-hybridized carbons (Fsp3) is 0.412. The maximum atomic E-state index is 12.7. The number of benzene rings is 1. The van der Waals surface area contributed by atoms with Gasteiger partial charge >= 0.3 is 0 Å². The standard InChI is InChI=1S/C17H20ClN3OS/c1-17(2)10-21(7-6-14(17)19)16(22)13-9-23-15(20-13)11-4-3-5-12(18)8-11/h3-5,8-9,14H,6-7,10,19H2,1-2H3. The zero-order valence-corrected chi connectivity index (χ0v) is 14.8. The van der Waals surface area contributed by atoms with Crippen molar-refractivity contribution < 1.29 is 4.79 Å². The summed E-state index contributed by atoms with van der Waals surface area (Å²) in [6.45, 7) is 5.57. The van der Waals surface area contributed by atoms with Gasteiger partial charge < -0.3 is 10.6 Å². The van der Waals surface area contributed by atoms with Crippen molar-refractivity contribution in [1.29, 1.82) is 0 Å². The molecule has 122 valence electrons. The minimum Gasteiger partial charge on any atom is -0.337 e. The number of nitrogens with two attached hydrogens (primary N) is 1. The Morgan fingerprint density at radius 3 is 2.96 bits per heavy atom. The zero-order chi connectivity index (χ0) is 16.6. The number of carbonyl (C=O) groups is 1. The fourth-order valence-corrected chi connectivity index (χ4v) is 3.82. The van der Waals surface area contributed by atoms with Gasteiger partial charge in [0.25, 0.3) is 5.91 Å². The van der Waals surface area contributed by atoms with Gasteiger partial charge in [0, 0.05) is 35.1 Å². The number of halogens is 1. The van der Waals surface area contributed by atoms with E-state index in [1.54, 1.807) is 0 Å². The average Bonchev–Trinajstić information content (AvgIpc) is 2.99. The number of nitrogens with zero attached hydrogens (tertiary/aromatic N) is 2. The molecule has 1 atom stereocenters. The van der Waals surface area contributed by atoms with Crippen molar-refractivity contribution in [3.63, 3.8) is 0 Å². The highest BCUT2D eigenvalue weighted by Gasteiger charge is 2.36. The number of thiazole rings is 1. The van der Waals surface area contributed by atoms with Gasteiger partial charge in [0.15, 0.2) is 0 Å². The molecule has 1 unspecified atom stereocenters. The third-order valence-corrected chi connectivity index (χ3v) is 5.52. The van der Waals surface area contributed by atoms with E-state index >= 15 is 0 Å². The van der Waals surface area contributed by atoms with Gasteiger partial charge in [0.2, 0.25) is 0 Å². The lowest BCUT2D eigenvalue weighted by Crippen LogP contribution is -2.54. The molecule has 1 aromatic carbocycles. The number of likely N-dealkylation sites (tertiary alicyclic amines) is 1. The first-order valence-corrected chi connectivity index (χ1v) is 8.89. The molecule has 1 aliphatic rings. The highest BCUT2D eigenvalue weighted by atomic mass is 35.5. The fourth-order valence-electron chi connectivity index (χ4n) is 2.84. The lowest BCUT2D eigenvalue weighted by Gasteiger charge is -2.42. The van der Waals surface area contributed by atoms with E-state index in [1.165, 1.54) is 11.3 Å². The number of hydrogen-bond acceptors (Lipinski definition) is 4. The van der Waals surface area contributed by atoms with E-state index in [-0.39, 0.29) is 17.4 Å². The van der Waals surface area contributed by atoms with E-state index in [9.17, 15) is 4.79 Å². The quantitative estimate of drug-likeness (QED) is 0.900. The zero-order valence-electron chi connectivity index (χ0n) is 13.3. The highest BCUT2D eigenvalue weighted by molar-refractivity contribution is 7.13. The first-order valence-electron chi connectivity index (χ1n) is 7.63. The molecule has 0 radical (unpaired) electrons. The predicted octanol–water partition coefficient (Wildman–Crippen LogP) is 3.66. The Morgan fingerprint density at radius 2 is 2.26 bits per heavy atom. The van der Waals surface area contributed by atoms with E-state index < -0.39 is 0 Å². The second-order valence-electron chi connectivity index (χ2n) is 6.66. The maximum Gasteiger partial charge on any atom is 0.273 e. The molecule has 4 nitrogen and oxygen atoms in total. The summed E-state index contributed by atoms with van der Waals surface area (Å²) in [7, 11) is 0. The Bertz CT molecular complexity index is 728. The van der Waals surface area contributed by atoms with E-state index in [0.717, 1.165) is 17.0 Å². The summed E-state index contributed by atoms with van der Waals surface area (Å²) in [6.07, 6.45) is 0.823. The Hall–Kier alpha value is -1.43. The summed E-state index contributed by atoms with van der Waals surface area (Å²) in [6, 6.07) is 7.64. The largest absolute Gasteiger partial charge is 0.337 e. The van der Waals surface area contributed by atoms with E-state index in [1.807, 2.05) is 34.5 Å². The molecule has 0 aliphatic carbocycles. The molecular formula is C17H20ClN3OS. The minimum atomic E-state index is -0.0697. The SMILES string of the molecule is CC1(C)CN(C(=O)c2csc(-c3cccc(Cl)c3)n2)CCC1N. The summed E-state index contributed by atoms with van der Waals surface area (Å²) in [4.78, 5) is 19.1. The summed E-state index contributed by atoms with van der Waals surface area (Å²) < 4.78 is 0. The normalized spacial score (nSPS) is 20.5. The first kappa shape index (κ1) is 16.4. The Morgan fingerprint density at radius 1 is 1.48 bits per heavy atom. The topological polar surface area (TPSA) is 59.2 Å². The molecule has 2 aromatic rings. The Labute approximate surface area is 145 Å². The van der Waals surface area contributed by atoms with Crippen molar-refractivity contribution in [2.75, 3.05) is 13.1 Å². The molecular weight excluding hydrogens is 330 g/mol. The second-order valence-corrected chi connectivity index (χ2v) is 7.95. The number of aromatic nitrogens is 1. The lowest BCUT2D eigenvalue weighted by atomic mass is 9.79. The lowest BCUT2D eigenvalue weighted by molar-refractivity contribution is 0.0528. The summed E-state index contributed by atoms with van der Waals surface area (Å²) in [5.41, 5.74) is 7.50. The summed E-state index contributed by atoms with van der Waals surface area (Å²) in [5, 5.41) is 3.29. The summed E-state index contributed by atoms with van der Waals surface area (Å²) in [5.74, 6) is -0.0190. The second kappa shape index (κ2) is 6.23. The predicted molar refractivity (Wildman–Crippen MR) is 94.8 cm³/mol. The van der Waals surface area contributed by atoms with Crippen LogP contribution in [-0.4, -0.2) is 34.9 Å². The number of rotatable bonds is 2. The highest BCUT2D eigenvalue weighted by Crippen LogP contribution is 2.30. The van der Waals surface area contributed by atoms with Gasteiger partial charge in [0.05, 0.1) is 0 Å². The van der Waals surface area contributed by atoms with Gasteiger partial charge in [-0.05, 0) is 24.0 Å². The van der Waals surface area contributed by atoms with Crippen LogP contribution in [0.1, 0.15) is 30.8 Å². The van der Waals surface area contributed by atoms with Crippen LogP contribution in [0.5, 0.6) is 0 Å². The molecule has 3 rings (SSSR count). The third kappa shape index (κ3) is 3.42. The van der Waals surface area contributed by atoms with Gasteiger partial charge in [-0.15, -0.1) is 11.3 Å². The number of hydrogen-bond donors (Lipinski definition) is 1. The van der Waals surface area contributed by atoms with Crippen LogP contribution in [0.25, 0.3) is 10.6 Å². The van der Waals surface area contributed by atoms with Crippen LogP contribution in [0.3, 0.4) is 0 Å². The molecule has 0 spiro atoms. The van der Waals surface area contributed by atoms with E-state index in [2.05, 4.69) is 18.8 Å². The third-order valence-electron chi connectivity index (χ3n) is 4.39. The smallest absolute Gasteiger partial charge is 0.273 e. The van der Waals surface area contributed by atoms with Crippen molar-refractivity contribution in [3.8, 4) is 10.6 Å². The van der Waals surface area contributed by atoms with Gasteiger partial charge in [-0.3, -0.25) is 4.79 Å². The van der Waals surface area contributed by atoms with E-state index in [4.69, 9.17) is 17.3 Å². The average molecular weight is 350 g/mol. The molecule has 1 amide bonds. The van der Waals surface area contributed by atoms with Crippen LogP contribution in [0.2, 0.25) is 5.02 Å². The van der Waals surface area contributed by atoms with E-state index in [0.29, 0.717) is 23.8 Å². The van der Waals surface area contributed by atoms with Crippen LogP contribution >= 0.6 is 22.9 Å². The molecule has 1 aliphatic heterocycles. The number of piperidine rings is 1. The number of carbonyl (C=O) groups excluding carboxylic acids is 1. The molecule has 6 heteroatoms. The van der Waals surface area contributed by atoms with Crippen LogP contribution in [0.15, 0.2) is 29.6 Å². The van der Waals surface area contributed by atoms with Crippen molar-refractivity contribution in [2.24, 2.45) is 11.1 Å². The molecule has 0 bridgehead atoms. The molecule has 2 N–H and O–H groups in total. The van der Waals surface area contributed by atoms with Crippen LogP contribution in [-0.2, 0) is 0 Å². The molecule has 1 saturated heterocycles. The Balaban J connectivity index is 1.79. The van der Waals surface area contributed by atoms with Crippen molar-refractivity contribution in [1.82, 2.24) is 9.88 Å².